The zero-order chi connectivity index (χ0) is 17.9. The molecule has 1 heterocycles. The van der Waals surface area contributed by atoms with E-state index in [-0.39, 0.29) is 13.5 Å². The molecule has 138 valence electrons. The van der Waals surface area contributed by atoms with Gasteiger partial charge in [-0.3, -0.25) is 4.68 Å². The highest BCUT2D eigenvalue weighted by atomic mass is 16.5. The van der Waals surface area contributed by atoms with Gasteiger partial charge in [-0.1, -0.05) is 37.8 Å². The molecule has 2 aromatic rings. The number of aryl methyl sites for hydroxylation is 1. The van der Waals surface area contributed by atoms with Crippen molar-refractivity contribution >= 4 is 11.9 Å². The van der Waals surface area contributed by atoms with Gasteiger partial charge in [0.05, 0.1) is 12.3 Å². The predicted octanol–water partition coefficient (Wildman–Crippen LogP) is 1.54. The van der Waals surface area contributed by atoms with Crippen LogP contribution in [0, 0.1) is 0 Å². The summed E-state index contributed by atoms with van der Waals surface area (Å²) in [5.74, 6) is -3.65. The van der Waals surface area contributed by atoms with E-state index in [1.54, 1.807) is 6.20 Å². The monoisotopic (exact) mass is 351 g/mol. The van der Waals surface area contributed by atoms with Gasteiger partial charge in [-0.25, -0.2) is 9.59 Å². The summed E-state index contributed by atoms with van der Waals surface area (Å²) in [4.78, 5) is 18.2. The molecule has 0 unspecified atom stereocenters. The number of benzene rings is 1. The van der Waals surface area contributed by atoms with E-state index < -0.39 is 11.9 Å². The fourth-order valence-corrected chi connectivity index (χ4v) is 1.90. The number of likely N-dealkylation sites (N-methyl/N-ethyl adjacent to an activating group) is 1. The number of nitrogens with one attached hydrogen (secondary N) is 1. The van der Waals surface area contributed by atoms with Crippen LogP contribution >= 0.6 is 0 Å². The maximum Gasteiger partial charge on any atom is 0.414 e. The molecule has 0 aliphatic rings. The van der Waals surface area contributed by atoms with Gasteiger partial charge in [-0.15, -0.1) is 0 Å². The topological polar surface area (TPSA) is 114 Å². The largest absolute Gasteiger partial charge is 0.473 e. The van der Waals surface area contributed by atoms with Crippen LogP contribution in [0.2, 0.25) is 0 Å². The molecular weight excluding hydrogens is 326 g/mol. The van der Waals surface area contributed by atoms with Crippen LogP contribution in [0.1, 0.15) is 24.8 Å². The normalized spacial score (nSPS) is 10.8. The average molecular weight is 351 g/mol. The summed E-state index contributed by atoms with van der Waals surface area (Å²) in [6, 6.07) is 12.2. The molecule has 0 aliphatic heterocycles. The van der Waals surface area contributed by atoms with Gasteiger partial charge in [0.25, 0.3) is 0 Å². The first kappa shape index (κ1) is 22.3. The van der Waals surface area contributed by atoms with Crippen molar-refractivity contribution < 1.29 is 24.5 Å². The molecule has 8 nitrogen and oxygen atoms in total. The van der Waals surface area contributed by atoms with Crippen LogP contribution in [0.3, 0.4) is 0 Å². The first-order valence-corrected chi connectivity index (χ1v) is 7.22. The molecule has 0 spiro atoms. The maximum atomic E-state index is 9.10. The summed E-state index contributed by atoms with van der Waals surface area (Å²) in [6.45, 7) is 1.50. The lowest BCUT2D eigenvalue weighted by atomic mass is 10.1. The third-order valence-electron chi connectivity index (χ3n) is 3.05. The SMILES string of the molecule is C.CNCCO[C@@H](c1ccccc1)c1ccnn1C.O=C(O)C(=O)O. The van der Waals surface area contributed by atoms with Crippen LogP contribution in [0.15, 0.2) is 42.6 Å². The number of nitrogens with zero attached hydrogens (tertiary/aromatic N) is 2. The summed E-state index contributed by atoms with van der Waals surface area (Å²) < 4.78 is 7.83. The van der Waals surface area contributed by atoms with Crippen molar-refractivity contribution in [3.63, 3.8) is 0 Å². The van der Waals surface area contributed by atoms with Gasteiger partial charge in [-0.2, -0.15) is 5.10 Å². The second-order valence-electron chi connectivity index (χ2n) is 4.76. The van der Waals surface area contributed by atoms with Crippen molar-refractivity contribution in [3.8, 4) is 0 Å². The highest BCUT2D eigenvalue weighted by Crippen LogP contribution is 2.24. The van der Waals surface area contributed by atoms with Gasteiger partial charge in [0, 0.05) is 19.8 Å². The quantitative estimate of drug-likeness (QED) is 0.534. The molecule has 0 saturated heterocycles. The Kier molecular flexibility index (Phi) is 10.5. The Morgan fingerprint density at radius 1 is 1.20 bits per heavy atom. The number of carboxylic acids is 2. The Bertz CT molecular complexity index is 631. The van der Waals surface area contributed by atoms with Crippen molar-refractivity contribution in [2.75, 3.05) is 20.2 Å². The van der Waals surface area contributed by atoms with E-state index in [0.29, 0.717) is 6.61 Å². The zero-order valence-electron chi connectivity index (χ0n) is 13.5. The number of rotatable bonds is 6. The van der Waals surface area contributed by atoms with Gasteiger partial charge < -0.3 is 20.3 Å². The van der Waals surface area contributed by atoms with E-state index >= 15 is 0 Å². The molecule has 0 radical (unpaired) electrons. The van der Waals surface area contributed by atoms with Crippen LogP contribution in [-0.2, 0) is 21.4 Å². The lowest BCUT2D eigenvalue weighted by molar-refractivity contribution is -0.159. The molecule has 0 bridgehead atoms. The second kappa shape index (κ2) is 11.8. The van der Waals surface area contributed by atoms with Crippen molar-refractivity contribution in [2.45, 2.75) is 13.5 Å². The van der Waals surface area contributed by atoms with E-state index in [2.05, 4.69) is 22.5 Å². The molecule has 1 aromatic heterocycles. The third kappa shape index (κ3) is 7.60. The number of hydrogen-bond acceptors (Lipinski definition) is 5. The minimum absolute atomic E-state index is 0. The molecule has 0 fully saturated rings. The Morgan fingerprint density at radius 2 is 1.80 bits per heavy atom. The molecule has 1 aromatic carbocycles. The summed E-state index contributed by atoms with van der Waals surface area (Å²) in [5, 5.41) is 22.1. The summed E-state index contributed by atoms with van der Waals surface area (Å²) in [7, 11) is 3.86. The summed E-state index contributed by atoms with van der Waals surface area (Å²) in [6.07, 6.45) is 1.74. The van der Waals surface area contributed by atoms with Crippen LogP contribution in [0.5, 0.6) is 0 Å². The van der Waals surface area contributed by atoms with Crippen LogP contribution in [0.4, 0.5) is 0 Å². The molecule has 0 amide bonds. The summed E-state index contributed by atoms with van der Waals surface area (Å²) >= 11 is 0. The zero-order valence-corrected chi connectivity index (χ0v) is 13.5. The van der Waals surface area contributed by atoms with Gasteiger partial charge in [0.1, 0.15) is 6.10 Å². The lowest BCUT2D eigenvalue weighted by Gasteiger charge is -2.18. The Labute approximate surface area is 147 Å². The van der Waals surface area contributed by atoms with Crippen molar-refractivity contribution in [2.24, 2.45) is 7.05 Å². The Hall–Kier alpha value is -2.71. The van der Waals surface area contributed by atoms with Gasteiger partial charge in [0.2, 0.25) is 0 Å². The lowest BCUT2D eigenvalue weighted by Crippen LogP contribution is -2.18. The maximum absolute atomic E-state index is 9.10. The second-order valence-corrected chi connectivity index (χ2v) is 4.76. The van der Waals surface area contributed by atoms with E-state index in [1.807, 2.05) is 43.0 Å². The summed E-state index contributed by atoms with van der Waals surface area (Å²) in [5.41, 5.74) is 2.22. The van der Waals surface area contributed by atoms with Crippen LogP contribution in [-0.4, -0.2) is 52.1 Å². The fraction of sp³-hybridized carbons (Fsp3) is 0.353. The van der Waals surface area contributed by atoms with Crippen molar-refractivity contribution in [3.05, 3.63) is 53.9 Å². The van der Waals surface area contributed by atoms with E-state index in [4.69, 9.17) is 24.5 Å². The van der Waals surface area contributed by atoms with Gasteiger partial charge >= 0.3 is 11.9 Å². The van der Waals surface area contributed by atoms with Crippen molar-refractivity contribution in [1.29, 1.82) is 0 Å². The highest BCUT2D eigenvalue weighted by Gasteiger charge is 2.17. The molecule has 3 N–H and O–H groups in total. The molecular formula is C17H25N3O5. The Balaban J connectivity index is 0.000000715. The Morgan fingerprint density at radius 3 is 2.24 bits per heavy atom. The number of hydrogen-bond donors (Lipinski definition) is 3. The molecule has 25 heavy (non-hydrogen) atoms. The number of aromatic nitrogens is 2. The number of carboxylic acid groups (broad SMARTS) is 2. The first-order chi connectivity index (χ1) is 11.5. The highest BCUT2D eigenvalue weighted by molar-refractivity contribution is 6.27. The number of ether oxygens (including phenoxy) is 1. The molecule has 8 heteroatoms. The minimum Gasteiger partial charge on any atom is -0.473 e. The smallest absolute Gasteiger partial charge is 0.414 e. The van der Waals surface area contributed by atoms with Crippen LogP contribution < -0.4 is 5.32 Å². The third-order valence-corrected chi connectivity index (χ3v) is 3.05. The van der Waals surface area contributed by atoms with E-state index in [1.165, 1.54) is 0 Å². The predicted molar refractivity (Wildman–Crippen MR) is 93.4 cm³/mol. The van der Waals surface area contributed by atoms with Gasteiger partial charge in [0.15, 0.2) is 0 Å². The van der Waals surface area contributed by atoms with Crippen LogP contribution in [0.25, 0.3) is 0 Å². The van der Waals surface area contributed by atoms with E-state index in [0.717, 1.165) is 17.8 Å². The molecule has 0 saturated carbocycles. The average Bonchev–Trinajstić information content (AvgIpc) is 2.99. The first-order valence-electron chi connectivity index (χ1n) is 7.22. The fourth-order valence-electron chi connectivity index (χ4n) is 1.90. The van der Waals surface area contributed by atoms with Crippen molar-refractivity contribution in [1.82, 2.24) is 15.1 Å². The number of carbonyl (C=O) groups is 2. The standard InChI is InChI=1S/C14H19N3O.C2H2O4.CH4/c1-15-10-11-18-14(12-6-4-3-5-7-12)13-8-9-16-17(13)2;3-1(4)2(5)6;/h3-9,14-15H,10-11H2,1-2H3;(H,3,4)(H,5,6);1H4/t14-;;/m0../s1. The molecule has 2 rings (SSSR count). The number of aliphatic carboxylic acids is 2. The minimum atomic E-state index is -1.82. The van der Waals surface area contributed by atoms with E-state index in [9.17, 15) is 0 Å². The van der Waals surface area contributed by atoms with Gasteiger partial charge in [-0.05, 0) is 18.7 Å². The molecule has 0 aliphatic carbocycles. The molecule has 1 atom stereocenters.